The minimum Gasteiger partial charge on any atom is -0.356 e. The van der Waals surface area contributed by atoms with Gasteiger partial charge in [-0.15, -0.1) is 0 Å². The van der Waals surface area contributed by atoms with Crippen LogP contribution in [0, 0.1) is 10.8 Å². The average molecular weight is 309 g/mol. The zero-order chi connectivity index (χ0) is 16.4. The van der Waals surface area contributed by atoms with Crippen LogP contribution in [0.25, 0.3) is 0 Å². The summed E-state index contributed by atoms with van der Waals surface area (Å²) in [5.41, 5.74) is 0.411. The molecule has 2 rings (SSSR count). The first kappa shape index (κ1) is 17.7. The molecule has 0 aromatic heterocycles. The van der Waals surface area contributed by atoms with Crippen LogP contribution in [-0.2, 0) is 4.79 Å². The van der Waals surface area contributed by atoms with Gasteiger partial charge < -0.3 is 10.6 Å². The van der Waals surface area contributed by atoms with E-state index in [0.29, 0.717) is 5.91 Å². The van der Waals surface area contributed by atoms with Crippen LogP contribution in [0.5, 0.6) is 0 Å². The molecule has 0 unspecified atom stereocenters. The van der Waals surface area contributed by atoms with E-state index in [1.807, 2.05) is 7.05 Å². The van der Waals surface area contributed by atoms with Crippen molar-refractivity contribution in [1.29, 1.82) is 0 Å². The summed E-state index contributed by atoms with van der Waals surface area (Å²) in [5.74, 6) is 0.312. The van der Waals surface area contributed by atoms with Gasteiger partial charge in [-0.1, -0.05) is 13.8 Å². The first-order valence-corrected chi connectivity index (χ1v) is 8.89. The number of piperidine rings is 2. The Hall–Kier alpha value is -0.610. The van der Waals surface area contributed by atoms with E-state index in [1.54, 1.807) is 0 Å². The smallest absolute Gasteiger partial charge is 0.226 e. The van der Waals surface area contributed by atoms with Crippen LogP contribution in [0.4, 0.5) is 0 Å². The maximum absolute atomic E-state index is 12.3. The molecule has 4 heteroatoms. The predicted octanol–water partition coefficient (Wildman–Crippen LogP) is 2.39. The van der Waals surface area contributed by atoms with Crippen LogP contribution in [0.1, 0.15) is 59.8 Å². The van der Waals surface area contributed by atoms with E-state index >= 15 is 0 Å². The van der Waals surface area contributed by atoms with E-state index in [-0.39, 0.29) is 16.4 Å². The molecule has 0 bridgehead atoms. The van der Waals surface area contributed by atoms with E-state index in [4.69, 9.17) is 0 Å². The lowest BCUT2D eigenvalue weighted by atomic mass is 9.70. The number of carbonyl (C=O) groups is 1. The second-order valence-electron chi connectivity index (χ2n) is 8.81. The topological polar surface area (TPSA) is 44.4 Å². The van der Waals surface area contributed by atoms with Crippen LogP contribution in [0.3, 0.4) is 0 Å². The molecule has 0 radical (unpaired) electrons. The standard InChI is InChI=1S/C18H35N3O/c1-16(2,14-19-5)13-17(3,4)21-11-8-18(9-12-21)7-6-10-20-15(18)22/h19H,6-14H2,1-5H3,(H,20,22). The molecule has 2 heterocycles. The minimum atomic E-state index is -0.0642. The molecule has 0 aromatic rings. The largest absolute Gasteiger partial charge is 0.356 e. The first-order valence-electron chi connectivity index (χ1n) is 8.89. The third-order valence-electron chi connectivity index (χ3n) is 5.74. The van der Waals surface area contributed by atoms with Gasteiger partial charge in [0.2, 0.25) is 5.91 Å². The summed E-state index contributed by atoms with van der Waals surface area (Å²) in [4.78, 5) is 14.9. The van der Waals surface area contributed by atoms with Gasteiger partial charge in [0.05, 0.1) is 5.41 Å². The van der Waals surface area contributed by atoms with Gasteiger partial charge in [-0.05, 0) is 71.5 Å². The summed E-state index contributed by atoms with van der Waals surface area (Å²) >= 11 is 0. The van der Waals surface area contributed by atoms with Crippen LogP contribution >= 0.6 is 0 Å². The molecule has 4 nitrogen and oxygen atoms in total. The number of amides is 1. The Bertz CT molecular complexity index is 395. The van der Waals surface area contributed by atoms with E-state index in [9.17, 15) is 4.79 Å². The third-order valence-corrected chi connectivity index (χ3v) is 5.74. The van der Waals surface area contributed by atoms with Gasteiger partial charge in [0.15, 0.2) is 0 Å². The molecule has 2 fully saturated rings. The summed E-state index contributed by atoms with van der Waals surface area (Å²) < 4.78 is 0. The van der Waals surface area contributed by atoms with Gasteiger partial charge in [-0.25, -0.2) is 0 Å². The number of hydrogen-bond acceptors (Lipinski definition) is 3. The Morgan fingerprint density at radius 2 is 1.82 bits per heavy atom. The molecule has 0 aliphatic carbocycles. The summed E-state index contributed by atoms with van der Waals surface area (Å²) in [7, 11) is 2.03. The van der Waals surface area contributed by atoms with Crippen LogP contribution in [0.15, 0.2) is 0 Å². The fraction of sp³-hybridized carbons (Fsp3) is 0.944. The monoisotopic (exact) mass is 309 g/mol. The second-order valence-corrected chi connectivity index (χ2v) is 8.81. The van der Waals surface area contributed by atoms with Crippen molar-refractivity contribution in [2.24, 2.45) is 10.8 Å². The molecule has 0 atom stereocenters. The maximum atomic E-state index is 12.3. The lowest BCUT2D eigenvalue weighted by Gasteiger charge is -2.50. The number of nitrogens with zero attached hydrogens (tertiary/aromatic N) is 1. The number of likely N-dealkylation sites (tertiary alicyclic amines) is 1. The van der Waals surface area contributed by atoms with Crippen molar-refractivity contribution in [2.75, 3.05) is 33.2 Å². The molecule has 22 heavy (non-hydrogen) atoms. The van der Waals surface area contributed by atoms with Crippen molar-refractivity contribution >= 4 is 5.91 Å². The Labute approximate surface area is 136 Å². The number of rotatable bonds is 5. The Morgan fingerprint density at radius 3 is 2.36 bits per heavy atom. The fourth-order valence-electron chi connectivity index (χ4n) is 4.77. The molecule has 2 N–H and O–H groups in total. The van der Waals surface area contributed by atoms with Crippen LogP contribution < -0.4 is 10.6 Å². The molecule has 0 aromatic carbocycles. The van der Waals surface area contributed by atoms with Crippen molar-refractivity contribution in [3.63, 3.8) is 0 Å². The van der Waals surface area contributed by atoms with Gasteiger partial charge in [-0.3, -0.25) is 9.69 Å². The normalized spacial score (nSPS) is 23.6. The first-order chi connectivity index (χ1) is 10.2. The summed E-state index contributed by atoms with van der Waals surface area (Å²) in [6.07, 6.45) is 5.44. The van der Waals surface area contributed by atoms with Crippen molar-refractivity contribution in [3.8, 4) is 0 Å². The van der Waals surface area contributed by atoms with Crippen molar-refractivity contribution in [3.05, 3.63) is 0 Å². The number of nitrogens with one attached hydrogen (secondary N) is 2. The molecule has 1 spiro atoms. The SMILES string of the molecule is CNCC(C)(C)CC(C)(C)N1CCC2(CCCNC2=O)CC1. The lowest BCUT2D eigenvalue weighted by Crippen LogP contribution is -2.57. The zero-order valence-corrected chi connectivity index (χ0v) is 15.2. The number of carbonyl (C=O) groups excluding carboxylic acids is 1. The second kappa shape index (κ2) is 6.48. The van der Waals surface area contributed by atoms with Gasteiger partial charge >= 0.3 is 0 Å². The summed E-state index contributed by atoms with van der Waals surface area (Å²) in [6, 6.07) is 0. The molecule has 2 saturated heterocycles. The van der Waals surface area contributed by atoms with Gasteiger partial charge in [0.25, 0.3) is 0 Å². The van der Waals surface area contributed by atoms with Gasteiger partial charge in [0.1, 0.15) is 0 Å². The van der Waals surface area contributed by atoms with Gasteiger partial charge in [0, 0.05) is 18.6 Å². The Kier molecular flexibility index (Phi) is 5.23. The molecule has 2 aliphatic rings. The fourth-order valence-corrected chi connectivity index (χ4v) is 4.77. The van der Waals surface area contributed by atoms with E-state index in [0.717, 1.165) is 51.9 Å². The quantitative estimate of drug-likeness (QED) is 0.819. The van der Waals surface area contributed by atoms with E-state index in [2.05, 4.69) is 43.2 Å². The minimum absolute atomic E-state index is 0.0642. The average Bonchev–Trinajstić information content (AvgIpc) is 2.41. The van der Waals surface area contributed by atoms with Crippen molar-refractivity contribution < 1.29 is 4.79 Å². The van der Waals surface area contributed by atoms with Crippen molar-refractivity contribution in [2.45, 2.75) is 65.3 Å². The molecule has 128 valence electrons. The Balaban J connectivity index is 1.96. The third kappa shape index (κ3) is 3.83. The van der Waals surface area contributed by atoms with Crippen LogP contribution in [0.2, 0.25) is 0 Å². The van der Waals surface area contributed by atoms with Gasteiger partial charge in [-0.2, -0.15) is 0 Å². The zero-order valence-electron chi connectivity index (χ0n) is 15.2. The predicted molar refractivity (Wildman–Crippen MR) is 91.9 cm³/mol. The lowest BCUT2D eigenvalue weighted by molar-refractivity contribution is -0.138. The van der Waals surface area contributed by atoms with E-state index in [1.165, 1.54) is 6.42 Å². The molecular weight excluding hydrogens is 274 g/mol. The highest BCUT2D eigenvalue weighted by Gasteiger charge is 2.45. The summed E-state index contributed by atoms with van der Waals surface area (Å²) in [5, 5.41) is 6.40. The molecule has 1 amide bonds. The van der Waals surface area contributed by atoms with Crippen LogP contribution in [-0.4, -0.2) is 49.6 Å². The highest BCUT2D eigenvalue weighted by molar-refractivity contribution is 5.83. The maximum Gasteiger partial charge on any atom is 0.226 e. The summed E-state index contributed by atoms with van der Waals surface area (Å²) in [6.45, 7) is 13.4. The Morgan fingerprint density at radius 1 is 1.18 bits per heavy atom. The highest BCUT2D eigenvalue weighted by atomic mass is 16.2. The molecule has 0 saturated carbocycles. The highest BCUT2D eigenvalue weighted by Crippen LogP contribution is 2.41. The van der Waals surface area contributed by atoms with Crippen molar-refractivity contribution in [1.82, 2.24) is 15.5 Å². The molecule has 2 aliphatic heterocycles. The van der Waals surface area contributed by atoms with E-state index < -0.39 is 0 Å². The number of hydrogen-bond donors (Lipinski definition) is 2. The molecular formula is C18H35N3O.